The number of nitrogens with one attached hydrogen (secondary N) is 1. The molecule has 3 fully saturated rings. The van der Waals surface area contributed by atoms with Gasteiger partial charge in [-0.3, -0.25) is 9.69 Å². The number of nitriles is 1. The smallest absolute Gasteiger partial charge is 0.227 e. The van der Waals surface area contributed by atoms with Gasteiger partial charge in [0.1, 0.15) is 11.4 Å². The maximum absolute atomic E-state index is 13.3. The zero-order valence-electron chi connectivity index (χ0n) is 15.1. The van der Waals surface area contributed by atoms with Gasteiger partial charge in [-0.25, -0.2) is 4.39 Å². The van der Waals surface area contributed by atoms with E-state index in [1.54, 1.807) is 0 Å². The summed E-state index contributed by atoms with van der Waals surface area (Å²) in [6.07, 6.45) is 6.89. The number of carbonyl (C=O) groups is 1. The molecule has 1 N–H and O–H groups in total. The van der Waals surface area contributed by atoms with E-state index < -0.39 is 5.41 Å². The van der Waals surface area contributed by atoms with E-state index in [9.17, 15) is 14.4 Å². The fourth-order valence-corrected chi connectivity index (χ4v) is 5.40. The molecule has 1 amide bonds. The number of piperidine rings is 1. The zero-order chi connectivity index (χ0) is 18.2. The second-order valence-electron chi connectivity index (χ2n) is 8.16. The molecule has 4 nitrogen and oxygen atoms in total. The number of carbonyl (C=O) groups excluding carboxylic acids is 1. The number of rotatable bonds is 2. The van der Waals surface area contributed by atoms with Crippen molar-refractivity contribution in [3.63, 3.8) is 0 Å². The average Bonchev–Trinajstić information content (AvgIpc) is 2.99. The molecular weight excluding hydrogens is 329 g/mol. The number of hydrogen-bond acceptors (Lipinski definition) is 3. The van der Waals surface area contributed by atoms with Gasteiger partial charge < -0.3 is 5.32 Å². The van der Waals surface area contributed by atoms with Gasteiger partial charge in [-0.2, -0.15) is 5.26 Å². The zero-order valence-corrected chi connectivity index (χ0v) is 15.1. The number of amides is 1. The van der Waals surface area contributed by atoms with E-state index in [1.807, 2.05) is 12.1 Å². The van der Waals surface area contributed by atoms with Gasteiger partial charge in [0.05, 0.1) is 11.5 Å². The highest BCUT2D eigenvalue weighted by Crippen LogP contribution is 2.49. The summed E-state index contributed by atoms with van der Waals surface area (Å²) in [7, 11) is 0. The van der Waals surface area contributed by atoms with Crippen LogP contribution in [0, 0.1) is 22.6 Å². The van der Waals surface area contributed by atoms with Crippen molar-refractivity contribution in [1.82, 2.24) is 10.2 Å². The average molecular weight is 355 g/mol. The molecule has 0 bridgehead atoms. The molecule has 4 rings (SSSR count). The molecule has 5 heteroatoms. The number of likely N-dealkylation sites (tertiary alicyclic amines) is 1. The number of benzene rings is 1. The van der Waals surface area contributed by atoms with Gasteiger partial charge in [-0.1, -0.05) is 31.4 Å². The summed E-state index contributed by atoms with van der Waals surface area (Å²) < 4.78 is 13.3. The van der Waals surface area contributed by atoms with E-state index >= 15 is 0 Å². The fraction of sp³-hybridized carbons (Fsp3) is 0.619. The molecule has 0 radical (unpaired) electrons. The van der Waals surface area contributed by atoms with Crippen molar-refractivity contribution in [2.75, 3.05) is 19.6 Å². The molecule has 1 aromatic carbocycles. The monoisotopic (exact) mass is 355 g/mol. The van der Waals surface area contributed by atoms with Crippen molar-refractivity contribution in [3.8, 4) is 6.07 Å². The van der Waals surface area contributed by atoms with Crippen LogP contribution in [0.3, 0.4) is 0 Å². The Balaban J connectivity index is 1.55. The molecule has 2 saturated heterocycles. The van der Waals surface area contributed by atoms with Crippen LogP contribution in [0.25, 0.3) is 0 Å². The van der Waals surface area contributed by atoms with Crippen LogP contribution in [0.4, 0.5) is 4.39 Å². The minimum absolute atomic E-state index is 0.0853. The first-order valence-electron chi connectivity index (χ1n) is 9.80. The molecule has 138 valence electrons. The third-order valence-electron chi connectivity index (χ3n) is 7.01. The van der Waals surface area contributed by atoms with E-state index in [1.165, 1.54) is 18.6 Å². The topological polar surface area (TPSA) is 56.1 Å². The predicted octanol–water partition coefficient (Wildman–Crippen LogP) is 3.35. The van der Waals surface area contributed by atoms with Crippen molar-refractivity contribution < 1.29 is 9.18 Å². The Hall–Kier alpha value is -1.93. The Morgan fingerprint density at radius 2 is 1.73 bits per heavy atom. The normalized spacial score (nSPS) is 27.8. The number of nitrogens with zero attached hydrogens (tertiary/aromatic N) is 2. The SMILES string of the molecule is N#CC1(N2CCC3(CC2)C(=O)NC[C@@H]3c2ccc(F)cc2)CCCCC1. The molecule has 3 aliphatic rings. The Bertz CT molecular complexity index is 710. The van der Waals surface area contributed by atoms with Crippen LogP contribution in [0.1, 0.15) is 56.4 Å². The number of hydrogen-bond donors (Lipinski definition) is 1. The maximum atomic E-state index is 13.3. The first kappa shape index (κ1) is 17.5. The van der Waals surface area contributed by atoms with Gasteiger partial charge in [0.2, 0.25) is 5.91 Å². The summed E-state index contributed by atoms with van der Waals surface area (Å²) in [6, 6.07) is 9.19. The van der Waals surface area contributed by atoms with Crippen molar-refractivity contribution in [1.29, 1.82) is 5.26 Å². The molecule has 1 aliphatic carbocycles. The van der Waals surface area contributed by atoms with Crippen molar-refractivity contribution in [3.05, 3.63) is 35.6 Å². The Morgan fingerprint density at radius 3 is 2.35 bits per heavy atom. The van der Waals surface area contributed by atoms with Crippen LogP contribution < -0.4 is 5.32 Å². The third kappa shape index (κ3) is 2.72. The molecule has 0 unspecified atom stereocenters. The van der Waals surface area contributed by atoms with Crippen LogP contribution in [0.5, 0.6) is 0 Å². The Labute approximate surface area is 154 Å². The van der Waals surface area contributed by atoms with Gasteiger partial charge in [0.25, 0.3) is 0 Å². The highest BCUT2D eigenvalue weighted by molar-refractivity contribution is 5.86. The maximum Gasteiger partial charge on any atom is 0.227 e. The van der Waals surface area contributed by atoms with E-state index in [4.69, 9.17) is 0 Å². The van der Waals surface area contributed by atoms with E-state index in [0.29, 0.717) is 6.54 Å². The quantitative estimate of drug-likeness (QED) is 0.885. The molecule has 26 heavy (non-hydrogen) atoms. The van der Waals surface area contributed by atoms with Crippen LogP contribution in [-0.2, 0) is 4.79 Å². The highest BCUT2D eigenvalue weighted by Gasteiger charge is 2.54. The summed E-state index contributed by atoms with van der Waals surface area (Å²) in [4.78, 5) is 15.1. The lowest BCUT2D eigenvalue weighted by Crippen LogP contribution is -2.55. The molecular formula is C21H26FN3O. The standard InChI is InChI=1S/C21H26FN3O/c22-17-6-4-16(5-7-17)18-14-24-19(26)21(18)10-12-25(13-11-21)20(15-23)8-2-1-3-9-20/h4-7,18H,1-3,8-14H2,(H,24,26)/t18-/m1/s1. The van der Waals surface area contributed by atoms with Crippen molar-refractivity contribution >= 4 is 5.91 Å². The van der Waals surface area contributed by atoms with Gasteiger partial charge >= 0.3 is 0 Å². The van der Waals surface area contributed by atoms with Crippen LogP contribution in [0.2, 0.25) is 0 Å². The van der Waals surface area contributed by atoms with Crippen LogP contribution in [0.15, 0.2) is 24.3 Å². The lowest BCUT2D eigenvalue weighted by atomic mass is 9.67. The first-order valence-corrected chi connectivity index (χ1v) is 9.80. The molecule has 1 spiro atoms. The molecule has 1 aromatic rings. The summed E-state index contributed by atoms with van der Waals surface area (Å²) in [6.45, 7) is 2.20. The second-order valence-corrected chi connectivity index (χ2v) is 8.16. The first-order chi connectivity index (χ1) is 12.6. The molecule has 2 aliphatic heterocycles. The summed E-state index contributed by atoms with van der Waals surface area (Å²) >= 11 is 0. The molecule has 0 aromatic heterocycles. The molecule has 1 atom stereocenters. The summed E-state index contributed by atoms with van der Waals surface area (Å²) in [5.41, 5.74) is 0.283. The minimum Gasteiger partial charge on any atom is -0.355 e. The van der Waals surface area contributed by atoms with E-state index in [-0.39, 0.29) is 23.2 Å². The lowest BCUT2D eigenvalue weighted by molar-refractivity contribution is -0.131. The van der Waals surface area contributed by atoms with Gasteiger partial charge in [-0.05, 0) is 43.4 Å². The summed E-state index contributed by atoms with van der Waals surface area (Å²) in [5.74, 6) is -0.0357. The Kier molecular flexibility index (Phi) is 4.48. The predicted molar refractivity (Wildman–Crippen MR) is 96.8 cm³/mol. The highest BCUT2D eigenvalue weighted by atomic mass is 19.1. The Morgan fingerprint density at radius 1 is 1.08 bits per heavy atom. The van der Waals surface area contributed by atoms with E-state index in [2.05, 4.69) is 16.3 Å². The lowest BCUT2D eigenvalue weighted by Gasteiger charge is -2.48. The summed E-state index contributed by atoms with van der Waals surface area (Å²) in [5, 5.41) is 12.9. The fourth-order valence-electron chi connectivity index (χ4n) is 5.40. The van der Waals surface area contributed by atoms with Gasteiger partial charge in [0, 0.05) is 25.6 Å². The second kappa shape index (κ2) is 6.66. The minimum atomic E-state index is -0.417. The van der Waals surface area contributed by atoms with Crippen LogP contribution >= 0.6 is 0 Å². The number of halogens is 1. The largest absolute Gasteiger partial charge is 0.355 e. The van der Waals surface area contributed by atoms with E-state index in [0.717, 1.165) is 57.2 Å². The van der Waals surface area contributed by atoms with Gasteiger partial charge in [0.15, 0.2) is 0 Å². The third-order valence-corrected chi connectivity index (χ3v) is 7.01. The van der Waals surface area contributed by atoms with Crippen LogP contribution in [-0.4, -0.2) is 36.0 Å². The molecule has 2 heterocycles. The van der Waals surface area contributed by atoms with Crippen molar-refractivity contribution in [2.24, 2.45) is 5.41 Å². The molecule has 1 saturated carbocycles. The van der Waals surface area contributed by atoms with Gasteiger partial charge in [-0.15, -0.1) is 0 Å². The van der Waals surface area contributed by atoms with Crippen molar-refractivity contribution in [2.45, 2.75) is 56.4 Å².